The summed E-state index contributed by atoms with van der Waals surface area (Å²) in [6.45, 7) is 2.63. The third kappa shape index (κ3) is 2.26. The van der Waals surface area contributed by atoms with Crippen LogP contribution in [0.5, 0.6) is 0 Å². The predicted octanol–water partition coefficient (Wildman–Crippen LogP) is 2.55. The van der Waals surface area contributed by atoms with E-state index in [0.717, 1.165) is 18.8 Å². The molecule has 0 unspecified atom stereocenters. The quantitative estimate of drug-likeness (QED) is 0.921. The summed E-state index contributed by atoms with van der Waals surface area (Å²) in [6.07, 6.45) is 2.40. The van der Waals surface area contributed by atoms with E-state index in [-0.39, 0.29) is 0 Å². The number of aryl methyl sites for hydroxylation is 1. The largest absolute Gasteiger partial charge is 0.365 e. The van der Waals surface area contributed by atoms with Crippen molar-refractivity contribution in [2.45, 2.75) is 25.9 Å². The molecule has 0 amide bonds. The number of hydrogen-bond acceptors (Lipinski definition) is 4. The summed E-state index contributed by atoms with van der Waals surface area (Å²) in [4.78, 5) is 6.80. The van der Waals surface area contributed by atoms with E-state index in [0.29, 0.717) is 6.54 Å². The second-order valence-corrected chi connectivity index (χ2v) is 5.39. The molecule has 1 aliphatic heterocycles. The van der Waals surface area contributed by atoms with Crippen molar-refractivity contribution in [1.82, 2.24) is 4.98 Å². The monoisotopic (exact) mass is 259 g/mol. The fraction of sp³-hybridized carbons (Fsp3) is 0.357. The van der Waals surface area contributed by atoms with Crippen LogP contribution in [0, 0.1) is 0 Å². The minimum atomic E-state index is 0.609. The van der Waals surface area contributed by atoms with Gasteiger partial charge in [0, 0.05) is 24.2 Å². The van der Waals surface area contributed by atoms with Gasteiger partial charge in [-0.1, -0.05) is 12.1 Å². The molecular formula is C14H17N3S. The first-order valence-corrected chi connectivity index (χ1v) is 7.25. The van der Waals surface area contributed by atoms with Gasteiger partial charge in [-0.25, -0.2) is 4.98 Å². The van der Waals surface area contributed by atoms with Gasteiger partial charge in [-0.2, -0.15) is 0 Å². The molecule has 0 fully saturated rings. The molecule has 2 heterocycles. The molecule has 94 valence electrons. The number of aromatic nitrogens is 1. The number of fused-ring (bicyclic) bond motifs is 1. The Labute approximate surface area is 111 Å². The Balaban J connectivity index is 1.90. The van der Waals surface area contributed by atoms with Crippen molar-refractivity contribution in [2.24, 2.45) is 5.73 Å². The number of rotatable bonds is 3. The molecule has 0 spiro atoms. The topological polar surface area (TPSA) is 42.1 Å². The van der Waals surface area contributed by atoms with Gasteiger partial charge in [-0.3, -0.25) is 0 Å². The summed E-state index contributed by atoms with van der Waals surface area (Å²) in [6, 6.07) is 6.61. The third-order valence-corrected chi connectivity index (χ3v) is 4.07. The van der Waals surface area contributed by atoms with Crippen LogP contribution in [-0.4, -0.2) is 11.5 Å². The highest BCUT2D eigenvalue weighted by Crippen LogP contribution is 2.29. The van der Waals surface area contributed by atoms with E-state index in [1.165, 1.54) is 29.7 Å². The summed E-state index contributed by atoms with van der Waals surface area (Å²) in [7, 11) is 0. The van der Waals surface area contributed by atoms with Crippen molar-refractivity contribution in [3.05, 3.63) is 45.9 Å². The molecule has 0 atom stereocenters. The molecule has 0 aliphatic carbocycles. The SMILES string of the molecule is NCc1ccc2c(c1)N(Cc1cscn1)CCC2. The number of nitrogens with zero attached hydrogens (tertiary/aromatic N) is 2. The highest BCUT2D eigenvalue weighted by molar-refractivity contribution is 7.07. The van der Waals surface area contributed by atoms with Gasteiger partial charge in [0.2, 0.25) is 0 Å². The Morgan fingerprint density at radius 2 is 2.33 bits per heavy atom. The van der Waals surface area contributed by atoms with E-state index in [1.807, 2.05) is 5.51 Å². The maximum atomic E-state index is 5.74. The van der Waals surface area contributed by atoms with Crippen LogP contribution in [0.25, 0.3) is 0 Å². The Bertz CT molecular complexity index is 522. The van der Waals surface area contributed by atoms with Crippen molar-refractivity contribution in [3.8, 4) is 0 Å². The van der Waals surface area contributed by atoms with Gasteiger partial charge in [-0.15, -0.1) is 11.3 Å². The number of benzene rings is 1. The van der Waals surface area contributed by atoms with Gasteiger partial charge in [0.15, 0.2) is 0 Å². The fourth-order valence-electron chi connectivity index (χ4n) is 2.50. The van der Waals surface area contributed by atoms with E-state index in [4.69, 9.17) is 5.73 Å². The maximum Gasteiger partial charge on any atom is 0.0795 e. The zero-order valence-corrected chi connectivity index (χ0v) is 11.1. The Morgan fingerprint density at radius 1 is 1.39 bits per heavy atom. The molecule has 1 aromatic heterocycles. The van der Waals surface area contributed by atoms with E-state index in [2.05, 4.69) is 33.5 Å². The van der Waals surface area contributed by atoms with Crippen LogP contribution in [0.3, 0.4) is 0 Å². The Kier molecular flexibility index (Phi) is 3.30. The van der Waals surface area contributed by atoms with Gasteiger partial charge in [0.25, 0.3) is 0 Å². The van der Waals surface area contributed by atoms with Crippen LogP contribution >= 0.6 is 11.3 Å². The van der Waals surface area contributed by atoms with Crippen LogP contribution < -0.4 is 10.6 Å². The molecule has 0 radical (unpaired) electrons. The molecule has 3 nitrogen and oxygen atoms in total. The second-order valence-electron chi connectivity index (χ2n) is 4.67. The number of hydrogen-bond donors (Lipinski definition) is 1. The van der Waals surface area contributed by atoms with Gasteiger partial charge < -0.3 is 10.6 Å². The first kappa shape index (κ1) is 11.7. The van der Waals surface area contributed by atoms with Gasteiger partial charge in [-0.05, 0) is 30.0 Å². The lowest BCUT2D eigenvalue weighted by molar-refractivity contribution is 0.684. The molecule has 0 saturated carbocycles. The minimum absolute atomic E-state index is 0.609. The molecule has 0 saturated heterocycles. The number of anilines is 1. The summed E-state index contributed by atoms with van der Waals surface area (Å²) >= 11 is 1.66. The average Bonchev–Trinajstić information content (AvgIpc) is 2.91. The van der Waals surface area contributed by atoms with Gasteiger partial charge in [0.1, 0.15) is 0 Å². The molecule has 2 aromatic rings. The number of nitrogens with two attached hydrogens (primary N) is 1. The predicted molar refractivity (Wildman–Crippen MR) is 75.8 cm³/mol. The first-order chi connectivity index (χ1) is 8.86. The van der Waals surface area contributed by atoms with Crippen LogP contribution in [0.4, 0.5) is 5.69 Å². The van der Waals surface area contributed by atoms with Crippen LogP contribution in [0.1, 0.15) is 23.2 Å². The van der Waals surface area contributed by atoms with E-state index in [1.54, 1.807) is 11.3 Å². The van der Waals surface area contributed by atoms with Crippen LogP contribution in [0.2, 0.25) is 0 Å². The highest BCUT2D eigenvalue weighted by atomic mass is 32.1. The molecule has 18 heavy (non-hydrogen) atoms. The van der Waals surface area contributed by atoms with Crippen molar-refractivity contribution in [2.75, 3.05) is 11.4 Å². The summed E-state index contributed by atoms with van der Waals surface area (Å²) in [5.74, 6) is 0. The van der Waals surface area contributed by atoms with Crippen LogP contribution in [-0.2, 0) is 19.5 Å². The second kappa shape index (κ2) is 5.08. The van der Waals surface area contributed by atoms with Gasteiger partial charge >= 0.3 is 0 Å². The van der Waals surface area contributed by atoms with Crippen molar-refractivity contribution in [1.29, 1.82) is 0 Å². The van der Waals surface area contributed by atoms with Gasteiger partial charge in [0.05, 0.1) is 17.7 Å². The molecule has 2 N–H and O–H groups in total. The molecular weight excluding hydrogens is 242 g/mol. The zero-order chi connectivity index (χ0) is 12.4. The summed E-state index contributed by atoms with van der Waals surface area (Å²) in [5, 5.41) is 2.13. The average molecular weight is 259 g/mol. The molecule has 0 bridgehead atoms. The molecule has 1 aromatic carbocycles. The summed E-state index contributed by atoms with van der Waals surface area (Å²) in [5.41, 5.74) is 12.8. The Morgan fingerprint density at radius 3 is 3.11 bits per heavy atom. The van der Waals surface area contributed by atoms with E-state index >= 15 is 0 Å². The van der Waals surface area contributed by atoms with Crippen LogP contribution in [0.15, 0.2) is 29.1 Å². The minimum Gasteiger partial charge on any atom is -0.365 e. The maximum absolute atomic E-state index is 5.74. The summed E-state index contributed by atoms with van der Waals surface area (Å²) < 4.78 is 0. The molecule has 3 rings (SSSR count). The third-order valence-electron chi connectivity index (χ3n) is 3.44. The van der Waals surface area contributed by atoms with Crippen molar-refractivity contribution < 1.29 is 0 Å². The molecule has 1 aliphatic rings. The lowest BCUT2D eigenvalue weighted by atomic mass is 9.99. The lowest BCUT2D eigenvalue weighted by Gasteiger charge is -2.31. The normalized spacial score (nSPS) is 14.6. The van der Waals surface area contributed by atoms with E-state index in [9.17, 15) is 0 Å². The Hall–Kier alpha value is -1.39. The first-order valence-electron chi connectivity index (χ1n) is 6.30. The highest BCUT2D eigenvalue weighted by Gasteiger charge is 2.17. The fourth-order valence-corrected chi connectivity index (χ4v) is 3.05. The smallest absolute Gasteiger partial charge is 0.0795 e. The van der Waals surface area contributed by atoms with Crippen molar-refractivity contribution in [3.63, 3.8) is 0 Å². The zero-order valence-electron chi connectivity index (χ0n) is 10.3. The van der Waals surface area contributed by atoms with E-state index < -0.39 is 0 Å². The van der Waals surface area contributed by atoms with Crippen molar-refractivity contribution >= 4 is 17.0 Å². The lowest BCUT2D eigenvalue weighted by Crippen LogP contribution is -2.29. The molecule has 4 heteroatoms. The standard InChI is InChI=1S/C14H17N3S/c15-7-11-3-4-12-2-1-5-17(14(12)6-11)8-13-9-18-10-16-13/h3-4,6,9-10H,1-2,5,7-8,15H2. The number of thiazole rings is 1.